The van der Waals surface area contributed by atoms with Gasteiger partial charge in [-0.15, -0.1) is 11.3 Å². The predicted octanol–water partition coefficient (Wildman–Crippen LogP) is 4.73. The predicted molar refractivity (Wildman–Crippen MR) is 128 cm³/mol. The highest BCUT2D eigenvalue weighted by molar-refractivity contribution is 7.17. The number of nitrogen functional groups attached to an aromatic ring is 1. The van der Waals surface area contributed by atoms with Crippen LogP contribution in [0.2, 0.25) is 5.02 Å². The van der Waals surface area contributed by atoms with Crippen LogP contribution in [0.4, 0.5) is 17.5 Å². The number of aromatic nitrogens is 4. The van der Waals surface area contributed by atoms with Crippen molar-refractivity contribution in [3.05, 3.63) is 76.5 Å². The van der Waals surface area contributed by atoms with Gasteiger partial charge in [0.05, 0.1) is 28.0 Å². The fourth-order valence-electron chi connectivity index (χ4n) is 3.23. The lowest BCUT2D eigenvalue weighted by atomic mass is 10.2. The fourth-order valence-corrected chi connectivity index (χ4v) is 4.09. The number of nitrogens with one attached hydrogen (secondary N) is 2. The summed E-state index contributed by atoms with van der Waals surface area (Å²) in [4.78, 5) is 30.2. The number of thiophene rings is 1. The van der Waals surface area contributed by atoms with Crippen LogP contribution in [-0.2, 0) is 6.54 Å². The van der Waals surface area contributed by atoms with Gasteiger partial charge in [-0.05, 0) is 41.8 Å². The first-order valence-electron chi connectivity index (χ1n) is 9.64. The summed E-state index contributed by atoms with van der Waals surface area (Å²) in [6.07, 6.45) is 0. The highest BCUT2D eigenvalue weighted by Crippen LogP contribution is 2.24. The maximum absolute atomic E-state index is 12.8. The van der Waals surface area contributed by atoms with Crippen LogP contribution >= 0.6 is 22.9 Å². The molecule has 32 heavy (non-hydrogen) atoms. The summed E-state index contributed by atoms with van der Waals surface area (Å²) in [7, 11) is 0. The first kappa shape index (κ1) is 20.1. The van der Waals surface area contributed by atoms with Gasteiger partial charge in [0.25, 0.3) is 5.91 Å². The van der Waals surface area contributed by atoms with Crippen molar-refractivity contribution in [2.24, 2.45) is 0 Å². The highest BCUT2D eigenvalue weighted by atomic mass is 35.5. The summed E-state index contributed by atoms with van der Waals surface area (Å²) in [5.74, 6) is -0.140. The van der Waals surface area contributed by atoms with Gasteiger partial charge in [0.2, 0.25) is 11.8 Å². The second kappa shape index (κ2) is 8.37. The maximum Gasteiger partial charge on any atom is 0.295 e. The number of carbonyl (C=O) groups excluding carboxylic acids is 1. The Kier molecular flexibility index (Phi) is 5.26. The van der Waals surface area contributed by atoms with E-state index in [-0.39, 0.29) is 17.6 Å². The molecule has 0 aliphatic rings. The lowest BCUT2D eigenvalue weighted by Gasteiger charge is -2.11. The van der Waals surface area contributed by atoms with Crippen molar-refractivity contribution in [2.45, 2.75) is 6.54 Å². The zero-order valence-corrected chi connectivity index (χ0v) is 18.1. The molecule has 3 heterocycles. The van der Waals surface area contributed by atoms with Crippen LogP contribution in [0.3, 0.4) is 0 Å². The van der Waals surface area contributed by atoms with Crippen LogP contribution in [-0.4, -0.2) is 25.8 Å². The molecule has 0 atom stereocenters. The second-order valence-corrected chi connectivity index (χ2v) is 8.25. The molecule has 2 aromatic carbocycles. The molecule has 0 saturated carbocycles. The van der Waals surface area contributed by atoms with Crippen LogP contribution in [0.25, 0.3) is 21.1 Å². The average Bonchev–Trinajstić information content (AvgIpc) is 3.28. The second-order valence-electron chi connectivity index (χ2n) is 6.89. The van der Waals surface area contributed by atoms with Crippen molar-refractivity contribution in [2.75, 3.05) is 16.4 Å². The third kappa shape index (κ3) is 4.03. The Hall–Kier alpha value is -3.82. The van der Waals surface area contributed by atoms with Crippen molar-refractivity contribution in [1.29, 1.82) is 0 Å². The number of benzene rings is 2. The SMILES string of the molecule is Nc1nc(C(=O)Nc2nc(CNc3ccc(Cl)cc3)c3ccccc3n2)nc2ccsc12. The van der Waals surface area contributed by atoms with E-state index in [4.69, 9.17) is 17.3 Å². The van der Waals surface area contributed by atoms with Crippen LogP contribution < -0.4 is 16.4 Å². The molecule has 0 bridgehead atoms. The van der Waals surface area contributed by atoms with Gasteiger partial charge in [-0.3, -0.25) is 10.1 Å². The number of hydrogen-bond acceptors (Lipinski definition) is 8. The molecule has 5 rings (SSSR count). The van der Waals surface area contributed by atoms with Crippen LogP contribution in [0.1, 0.15) is 16.3 Å². The summed E-state index contributed by atoms with van der Waals surface area (Å²) in [6, 6.07) is 16.8. The number of anilines is 3. The number of rotatable bonds is 5. The Balaban J connectivity index is 1.44. The first-order chi connectivity index (χ1) is 15.6. The van der Waals surface area contributed by atoms with Crippen molar-refractivity contribution >= 4 is 67.4 Å². The van der Waals surface area contributed by atoms with Gasteiger partial charge in [-0.25, -0.2) is 19.9 Å². The minimum absolute atomic E-state index is 0.0361. The molecule has 4 N–H and O–H groups in total. The van der Waals surface area contributed by atoms with Gasteiger partial charge in [-0.2, -0.15) is 0 Å². The minimum atomic E-state index is -0.531. The molecule has 5 aromatic rings. The monoisotopic (exact) mass is 461 g/mol. The zero-order valence-electron chi connectivity index (χ0n) is 16.5. The molecule has 0 aliphatic heterocycles. The van der Waals surface area contributed by atoms with Gasteiger partial charge < -0.3 is 11.1 Å². The number of nitrogens with zero attached hydrogens (tertiary/aromatic N) is 4. The largest absolute Gasteiger partial charge is 0.382 e. The van der Waals surface area contributed by atoms with Crippen molar-refractivity contribution < 1.29 is 4.79 Å². The molecule has 8 nitrogen and oxygen atoms in total. The summed E-state index contributed by atoms with van der Waals surface area (Å²) in [6.45, 7) is 0.428. The quantitative estimate of drug-likeness (QED) is 0.346. The van der Waals surface area contributed by atoms with Crippen molar-refractivity contribution in [3.8, 4) is 0 Å². The molecule has 0 fully saturated rings. The Bertz CT molecular complexity index is 1450. The molecule has 0 aliphatic carbocycles. The van der Waals surface area contributed by atoms with E-state index in [2.05, 4.69) is 30.6 Å². The van der Waals surface area contributed by atoms with E-state index in [0.717, 1.165) is 21.5 Å². The van der Waals surface area contributed by atoms with E-state index >= 15 is 0 Å². The lowest BCUT2D eigenvalue weighted by molar-refractivity contribution is 0.101. The normalized spacial score (nSPS) is 11.0. The van der Waals surface area contributed by atoms with Crippen LogP contribution in [0.5, 0.6) is 0 Å². The molecule has 0 spiro atoms. The number of fused-ring (bicyclic) bond motifs is 2. The summed E-state index contributed by atoms with van der Waals surface area (Å²) in [5, 5.41) is 9.41. The van der Waals surface area contributed by atoms with E-state index in [0.29, 0.717) is 22.6 Å². The van der Waals surface area contributed by atoms with Crippen LogP contribution in [0.15, 0.2) is 60.0 Å². The summed E-state index contributed by atoms with van der Waals surface area (Å²) >= 11 is 7.38. The van der Waals surface area contributed by atoms with Crippen molar-refractivity contribution in [1.82, 2.24) is 19.9 Å². The average molecular weight is 462 g/mol. The lowest BCUT2D eigenvalue weighted by Crippen LogP contribution is -2.19. The van der Waals surface area contributed by atoms with Gasteiger partial charge in [0, 0.05) is 16.1 Å². The summed E-state index contributed by atoms with van der Waals surface area (Å²) < 4.78 is 0.749. The smallest absolute Gasteiger partial charge is 0.295 e. The Morgan fingerprint density at radius 2 is 1.78 bits per heavy atom. The minimum Gasteiger partial charge on any atom is -0.382 e. The van der Waals surface area contributed by atoms with E-state index in [1.807, 2.05) is 53.9 Å². The molecule has 0 radical (unpaired) electrons. The van der Waals surface area contributed by atoms with E-state index in [1.54, 1.807) is 6.07 Å². The molecule has 1 amide bonds. The highest BCUT2D eigenvalue weighted by Gasteiger charge is 2.16. The third-order valence-corrected chi connectivity index (χ3v) is 5.92. The number of nitrogens with two attached hydrogens (primary N) is 1. The molecular formula is C22H16ClN7OS. The molecule has 158 valence electrons. The van der Waals surface area contributed by atoms with Gasteiger partial charge in [0.1, 0.15) is 5.82 Å². The Morgan fingerprint density at radius 3 is 2.62 bits per heavy atom. The Labute approximate surface area is 191 Å². The fraction of sp³-hybridized carbons (Fsp3) is 0.0455. The molecular weight excluding hydrogens is 446 g/mol. The van der Waals surface area contributed by atoms with Gasteiger partial charge in [-0.1, -0.05) is 29.8 Å². The summed E-state index contributed by atoms with van der Waals surface area (Å²) in [5.41, 5.74) is 8.93. The number of para-hydroxylation sites is 1. The van der Waals surface area contributed by atoms with E-state index in [1.165, 1.54) is 11.3 Å². The maximum atomic E-state index is 12.8. The third-order valence-electron chi connectivity index (χ3n) is 4.74. The number of amides is 1. The topological polar surface area (TPSA) is 119 Å². The molecule has 10 heteroatoms. The van der Waals surface area contributed by atoms with E-state index in [9.17, 15) is 4.79 Å². The van der Waals surface area contributed by atoms with Crippen molar-refractivity contribution in [3.63, 3.8) is 0 Å². The number of carbonyl (C=O) groups is 1. The number of halogens is 1. The van der Waals surface area contributed by atoms with Gasteiger partial charge in [0.15, 0.2) is 0 Å². The first-order valence-corrected chi connectivity index (χ1v) is 10.9. The molecule has 0 saturated heterocycles. The zero-order chi connectivity index (χ0) is 22.1. The standard InChI is InChI=1S/C22H16ClN7OS/c23-12-5-7-13(8-6-12)25-11-17-14-3-1-2-4-15(14)27-22(28-17)30-21(31)20-26-16-9-10-32-18(16)19(24)29-20/h1-10,25H,11H2,(H2,24,26,29)(H,27,28,30,31). The van der Waals surface area contributed by atoms with Crippen LogP contribution in [0, 0.1) is 0 Å². The Morgan fingerprint density at radius 1 is 0.969 bits per heavy atom. The molecule has 0 unspecified atom stereocenters. The van der Waals surface area contributed by atoms with E-state index < -0.39 is 5.91 Å². The van der Waals surface area contributed by atoms with Gasteiger partial charge >= 0.3 is 0 Å². The molecule has 3 aromatic heterocycles. The number of hydrogen-bond donors (Lipinski definition) is 3.